The van der Waals surface area contributed by atoms with Crippen LogP contribution in [0.2, 0.25) is 5.02 Å². The van der Waals surface area contributed by atoms with Crippen molar-refractivity contribution in [2.24, 2.45) is 0 Å². The lowest BCUT2D eigenvalue weighted by molar-refractivity contribution is 0.574. The van der Waals surface area contributed by atoms with E-state index in [1.165, 1.54) is 6.42 Å². The minimum Gasteiger partial charge on any atom is -0.356 e. The second-order valence-corrected chi connectivity index (χ2v) is 5.04. The fourth-order valence-electron chi connectivity index (χ4n) is 2.46. The van der Waals surface area contributed by atoms with E-state index in [0.29, 0.717) is 5.02 Å². The molecule has 94 valence electrons. The number of piperidine rings is 1. The Kier molecular flexibility index (Phi) is 2.96. The molecule has 0 saturated carbocycles. The van der Waals surface area contributed by atoms with E-state index in [9.17, 15) is 4.79 Å². The normalized spacial score (nSPS) is 16.2. The quantitative estimate of drug-likeness (QED) is 0.860. The van der Waals surface area contributed by atoms with Gasteiger partial charge in [-0.05, 0) is 37.5 Å². The van der Waals surface area contributed by atoms with E-state index >= 15 is 0 Å². The largest absolute Gasteiger partial charge is 0.356 e. The maximum absolute atomic E-state index is 11.6. The van der Waals surface area contributed by atoms with Crippen LogP contribution in [0.15, 0.2) is 23.0 Å². The zero-order valence-corrected chi connectivity index (χ0v) is 10.7. The van der Waals surface area contributed by atoms with Gasteiger partial charge < -0.3 is 9.88 Å². The Morgan fingerprint density at radius 2 is 2.00 bits per heavy atom. The number of halogens is 1. The van der Waals surface area contributed by atoms with E-state index in [0.717, 1.165) is 42.7 Å². The number of H-pyrrole nitrogens is 1. The van der Waals surface area contributed by atoms with Gasteiger partial charge in [-0.1, -0.05) is 11.6 Å². The number of hydrogen-bond acceptors (Lipinski definition) is 3. The van der Waals surface area contributed by atoms with Gasteiger partial charge in [0.1, 0.15) is 5.82 Å². The Hall–Kier alpha value is -1.55. The van der Waals surface area contributed by atoms with E-state index in [-0.39, 0.29) is 5.69 Å². The van der Waals surface area contributed by atoms with Crippen LogP contribution >= 0.6 is 11.6 Å². The van der Waals surface area contributed by atoms with Gasteiger partial charge in [-0.15, -0.1) is 0 Å². The SMILES string of the molecule is O=c1nc(N2CCCCC2)c2ccc(Cl)cc2[nH]1. The smallest absolute Gasteiger partial charge is 0.347 e. The number of fused-ring (bicyclic) bond motifs is 1. The molecule has 0 atom stereocenters. The highest BCUT2D eigenvalue weighted by Gasteiger charge is 2.16. The van der Waals surface area contributed by atoms with Crippen molar-refractivity contribution in [3.63, 3.8) is 0 Å². The van der Waals surface area contributed by atoms with Gasteiger partial charge in [-0.3, -0.25) is 0 Å². The summed E-state index contributed by atoms with van der Waals surface area (Å²) in [6.07, 6.45) is 3.57. The highest BCUT2D eigenvalue weighted by molar-refractivity contribution is 6.31. The molecule has 0 spiro atoms. The summed E-state index contributed by atoms with van der Waals surface area (Å²) in [7, 11) is 0. The molecular weight excluding hydrogens is 250 g/mol. The highest BCUT2D eigenvalue weighted by atomic mass is 35.5. The number of nitrogens with one attached hydrogen (secondary N) is 1. The van der Waals surface area contributed by atoms with Gasteiger partial charge >= 0.3 is 5.69 Å². The number of aromatic nitrogens is 2. The lowest BCUT2D eigenvalue weighted by atomic mass is 10.1. The summed E-state index contributed by atoms with van der Waals surface area (Å²) in [6.45, 7) is 1.93. The van der Waals surface area contributed by atoms with Gasteiger partial charge in [-0.25, -0.2) is 4.79 Å². The van der Waals surface area contributed by atoms with E-state index in [1.54, 1.807) is 6.07 Å². The molecule has 2 heterocycles. The number of aromatic amines is 1. The molecular formula is C13H14ClN3O. The molecule has 1 saturated heterocycles. The Bertz CT molecular complexity index is 632. The van der Waals surface area contributed by atoms with Crippen molar-refractivity contribution in [1.82, 2.24) is 9.97 Å². The van der Waals surface area contributed by atoms with E-state index in [2.05, 4.69) is 14.9 Å². The van der Waals surface area contributed by atoms with Gasteiger partial charge in [0.05, 0.1) is 5.52 Å². The summed E-state index contributed by atoms with van der Waals surface area (Å²) in [6, 6.07) is 5.52. The minimum absolute atomic E-state index is 0.314. The highest BCUT2D eigenvalue weighted by Crippen LogP contribution is 2.26. The van der Waals surface area contributed by atoms with Crippen molar-refractivity contribution in [1.29, 1.82) is 0 Å². The number of benzene rings is 1. The van der Waals surface area contributed by atoms with Crippen molar-refractivity contribution < 1.29 is 0 Å². The molecule has 1 aromatic carbocycles. The van der Waals surface area contributed by atoms with Crippen LogP contribution in [0.25, 0.3) is 10.9 Å². The molecule has 0 radical (unpaired) electrons. The topological polar surface area (TPSA) is 49.0 Å². The van der Waals surface area contributed by atoms with E-state index in [4.69, 9.17) is 11.6 Å². The van der Waals surface area contributed by atoms with Crippen LogP contribution in [0.1, 0.15) is 19.3 Å². The summed E-state index contributed by atoms with van der Waals surface area (Å²) in [5, 5.41) is 1.58. The predicted octanol–water partition coefficient (Wildman–Crippen LogP) is 2.57. The molecule has 1 aliphatic heterocycles. The zero-order chi connectivity index (χ0) is 12.5. The fourth-order valence-corrected chi connectivity index (χ4v) is 2.63. The van der Waals surface area contributed by atoms with Crippen LogP contribution in [0.3, 0.4) is 0 Å². The Morgan fingerprint density at radius 3 is 2.78 bits per heavy atom. The number of nitrogens with zero attached hydrogens (tertiary/aromatic N) is 2. The Labute approximate surface area is 110 Å². The van der Waals surface area contributed by atoms with Crippen molar-refractivity contribution in [2.75, 3.05) is 18.0 Å². The summed E-state index contributed by atoms with van der Waals surface area (Å²) in [5.74, 6) is 0.783. The minimum atomic E-state index is -0.314. The maximum Gasteiger partial charge on any atom is 0.347 e. The van der Waals surface area contributed by atoms with Crippen molar-refractivity contribution >= 4 is 28.3 Å². The first kappa shape index (κ1) is 11.5. The zero-order valence-electron chi connectivity index (χ0n) is 9.95. The number of anilines is 1. The molecule has 4 nitrogen and oxygen atoms in total. The van der Waals surface area contributed by atoms with Crippen LogP contribution < -0.4 is 10.6 Å². The average molecular weight is 264 g/mol. The Morgan fingerprint density at radius 1 is 1.22 bits per heavy atom. The van der Waals surface area contributed by atoms with Crippen LogP contribution in [0, 0.1) is 0 Å². The second kappa shape index (κ2) is 4.61. The summed E-state index contributed by atoms with van der Waals surface area (Å²) in [5.41, 5.74) is 0.438. The van der Waals surface area contributed by atoms with Crippen LogP contribution in [0.5, 0.6) is 0 Å². The molecule has 0 unspecified atom stereocenters. The first-order chi connectivity index (χ1) is 8.74. The van der Waals surface area contributed by atoms with Crippen molar-refractivity contribution in [3.8, 4) is 0 Å². The van der Waals surface area contributed by atoms with Gasteiger partial charge in [0.15, 0.2) is 0 Å². The second-order valence-electron chi connectivity index (χ2n) is 4.60. The number of rotatable bonds is 1. The number of hydrogen-bond donors (Lipinski definition) is 1. The first-order valence-corrected chi connectivity index (χ1v) is 6.56. The molecule has 5 heteroatoms. The molecule has 2 aromatic rings. The Balaban J connectivity index is 2.17. The van der Waals surface area contributed by atoms with E-state index < -0.39 is 0 Å². The monoisotopic (exact) mass is 263 g/mol. The maximum atomic E-state index is 11.6. The van der Waals surface area contributed by atoms with Crippen LogP contribution in [0.4, 0.5) is 5.82 Å². The molecule has 1 N–H and O–H groups in total. The third-order valence-electron chi connectivity index (χ3n) is 3.33. The molecule has 1 fully saturated rings. The van der Waals surface area contributed by atoms with Gasteiger partial charge in [-0.2, -0.15) is 4.98 Å². The first-order valence-electron chi connectivity index (χ1n) is 6.18. The molecule has 1 aliphatic rings. The average Bonchev–Trinajstić information content (AvgIpc) is 2.38. The lowest BCUT2D eigenvalue weighted by Gasteiger charge is -2.28. The van der Waals surface area contributed by atoms with Gasteiger partial charge in [0, 0.05) is 23.5 Å². The van der Waals surface area contributed by atoms with Crippen molar-refractivity contribution in [2.45, 2.75) is 19.3 Å². The van der Waals surface area contributed by atoms with E-state index in [1.807, 2.05) is 12.1 Å². The molecule has 0 aliphatic carbocycles. The molecule has 0 bridgehead atoms. The molecule has 1 aromatic heterocycles. The molecule has 0 amide bonds. The van der Waals surface area contributed by atoms with Gasteiger partial charge in [0.2, 0.25) is 0 Å². The predicted molar refractivity (Wildman–Crippen MR) is 73.4 cm³/mol. The summed E-state index contributed by atoms with van der Waals surface area (Å²) >= 11 is 5.95. The summed E-state index contributed by atoms with van der Waals surface area (Å²) < 4.78 is 0. The van der Waals surface area contributed by atoms with Crippen LogP contribution in [-0.4, -0.2) is 23.1 Å². The standard InChI is InChI=1S/C13H14ClN3O/c14-9-4-5-10-11(8-9)15-13(18)16-12(10)17-6-2-1-3-7-17/h4-5,8H,1-3,6-7H2,(H,15,16,18). The third kappa shape index (κ3) is 2.08. The fraction of sp³-hybridized carbons (Fsp3) is 0.385. The molecule has 3 rings (SSSR count). The lowest BCUT2D eigenvalue weighted by Crippen LogP contribution is -2.32. The third-order valence-corrected chi connectivity index (χ3v) is 3.56. The molecule has 18 heavy (non-hydrogen) atoms. The van der Waals surface area contributed by atoms with Gasteiger partial charge in [0.25, 0.3) is 0 Å². The summed E-state index contributed by atoms with van der Waals surface area (Å²) in [4.78, 5) is 20.7. The van der Waals surface area contributed by atoms with Crippen molar-refractivity contribution in [3.05, 3.63) is 33.7 Å². The van der Waals surface area contributed by atoms with Crippen LogP contribution in [-0.2, 0) is 0 Å².